The van der Waals surface area contributed by atoms with Gasteiger partial charge >= 0.3 is 0 Å². The summed E-state index contributed by atoms with van der Waals surface area (Å²) in [5.74, 6) is 0.917. The Morgan fingerprint density at radius 2 is 1.89 bits per heavy atom. The van der Waals surface area contributed by atoms with Gasteiger partial charge in [-0.15, -0.1) is 0 Å². The van der Waals surface area contributed by atoms with Crippen molar-refractivity contribution in [1.29, 1.82) is 0 Å². The van der Waals surface area contributed by atoms with E-state index in [9.17, 15) is 0 Å². The van der Waals surface area contributed by atoms with E-state index in [1.165, 1.54) is 0 Å². The molecule has 0 saturated heterocycles. The van der Waals surface area contributed by atoms with Gasteiger partial charge in [0.1, 0.15) is 11.6 Å². The number of para-hydroxylation sites is 1. The van der Waals surface area contributed by atoms with Crippen molar-refractivity contribution < 1.29 is 0 Å². The molecule has 18 heavy (non-hydrogen) atoms. The first-order valence-corrected chi connectivity index (χ1v) is 5.55. The number of rotatable bonds is 2. The van der Waals surface area contributed by atoms with Crippen LogP contribution in [0, 0.1) is 0 Å². The average Bonchev–Trinajstić information content (AvgIpc) is 2.84. The molecule has 0 aliphatic rings. The third-order valence-electron chi connectivity index (χ3n) is 2.69. The van der Waals surface area contributed by atoms with Crippen LogP contribution >= 0.6 is 0 Å². The molecule has 0 atom stereocenters. The number of nitrogens with two attached hydrogens (primary N) is 2. The molecule has 0 aliphatic carbocycles. The second-order valence-corrected chi connectivity index (χ2v) is 3.86. The molecule has 0 aliphatic heterocycles. The summed E-state index contributed by atoms with van der Waals surface area (Å²) in [5.41, 5.74) is 13.0. The predicted octanol–water partition coefficient (Wildman–Crippen LogP) is 0.856. The molecule has 6 heteroatoms. The minimum absolute atomic E-state index is 0.250. The maximum Gasteiger partial charge on any atom is 0.168 e. The average molecular weight is 240 g/mol. The van der Waals surface area contributed by atoms with E-state index in [1.54, 1.807) is 10.9 Å². The van der Waals surface area contributed by atoms with E-state index in [4.69, 9.17) is 11.5 Å². The van der Waals surface area contributed by atoms with Crippen molar-refractivity contribution >= 4 is 16.9 Å². The molecule has 1 aromatic carbocycles. The smallest absolute Gasteiger partial charge is 0.168 e. The number of hydrogen-bond donors (Lipinski definition) is 2. The molecule has 0 bridgehead atoms. The number of nitrogens with zero attached hydrogens (tertiary/aromatic N) is 4. The van der Waals surface area contributed by atoms with E-state index >= 15 is 0 Å². The van der Waals surface area contributed by atoms with Gasteiger partial charge in [0.15, 0.2) is 5.65 Å². The van der Waals surface area contributed by atoms with Crippen molar-refractivity contribution in [3.63, 3.8) is 0 Å². The summed E-state index contributed by atoms with van der Waals surface area (Å²) < 4.78 is 1.73. The van der Waals surface area contributed by atoms with E-state index in [-0.39, 0.29) is 6.54 Å². The molecular weight excluding hydrogens is 228 g/mol. The highest BCUT2D eigenvalue weighted by Crippen LogP contribution is 2.20. The van der Waals surface area contributed by atoms with Gasteiger partial charge in [0.2, 0.25) is 0 Å². The number of anilines is 1. The molecule has 0 amide bonds. The van der Waals surface area contributed by atoms with Crippen molar-refractivity contribution in [3.05, 3.63) is 42.4 Å². The molecule has 4 N–H and O–H groups in total. The zero-order valence-electron chi connectivity index (χ0n) is 9.61. The monoisotopic (exact) mass is 240 g/mol. The molecular formula is C12H12N6. The van der Waals surface area contributed by atoms with Crippen LogP contribution in [-0.4, -0.2) is 19.7 Å². The van der Waals surface area contributed by atoms with Gasteiger partial charge in [-0.1, -0.05) is 18.2 Å². The van der Waals surface area contributed by atoms with Crippen molar-refractivity contribution in [2.75, 3.05) is 5.73 Å². The van der Waals surface area contributed by atoms with E-state index in [0.29, 0.717) is 17.3 Å². The highest BCUT2D eigenvalue weighted by Gasteiger charge is 2.11. The number of aromatic nitrogens is 4. The minimum Gasteiger partial charge on any atom is -0.383 e. The fourth-order valence-corrected chi connectivity index (χ4v) is 1.83. The topological polar surface area (TPSA) is 95.6 Å². The highest BCUT2D eigenvalue weighted by molar-refractivity contribution is 5.86. The molecule has 2 heterocycles. The molecule has 90 valence electrons. The van der Waals surface area contributed by atoms with Crippen LogP contribution < -0.4 is 11.5 Å². The Morgan fingerprint density at radius 1 is 1.11 bits per heavy atom. The molecule has 0 unspecified atom stereocenters. The quantitative estimate of drug-likeness (QED) is 0.692. The zero-order chi connectivity index (χ0) is 12.5. The highest BCUT2D eigenvalue weighted by atomic mass is 15.3. The van der Waals surface area contributed by atoms with Crippen molar-refractivity contribution in [1.82, 2.24) is 19.7 Å². The zero-order valence-corrected chi connectivity index (χ0v) is 9.61. The lowest BCUT2D eigenvalue weighted by Gasteiger charge is -2.04. The van der Waals surface area contributed by atoms with Crippen LogP contribution in [0.2, 0.25) is 0 Å². The molecule has 0 fully saturated rings. The minimum atomic E-state index is 0.250. The SMILES string of the molecule is NCc1nc(N)c2cnn(-c3ccccc3)c2n1. The summed E-state index contributed by atoms with van der Waals surface area (Å²) in [5, 5.41) is 5.03. The molecule has 2 aromatic heterocycles. The Bertz CT molecular complexity index is 688. The molecule has 0 spiro atoms. The third-order valence-corrected chi connectivity index (χ3v) is 2.69. The van der Waals surface area contributed by atoms with Crippen molar-refractivity contribution in [3.8, 4) is 5.69 Å². The van der Waals surface area contributed by atoms with E-state index in [0.717, 1.165) is 11.1 Å². The number of fused-ring (bicyclic) bond motifs is 1. The van der Waals surface area contributed by atoms with Crippen LogP contribution in [-0.2, 0) is 6.54 Å². The van der Waals surface area contributed by atoms with Gasteiger partial charge in [-0.2, -0.15) is 5.10 Å². The van der Waals surface area contributed by atoms with Gasteiger partial charge in [-0.3, -0.25) is 0 Å². The number of hydrogen-bond acceptors (Lipinski definition) is 5. The van der Waals surface area contributed by atoms with Gasteiger partial charge in [0, 0.05) is 0 Å². The van der Waals surface area contributed by atoms with E-state index in [1.807, 2.05) is 30.3 Å². The molecule has 3 aromatic rings. The summed E-state index contributed by atoms with van der Waals surface area (Å²) in [6, 6.07) is 9.73. The van der Waals surface area contributed by atoms with Crippen molar-refractivity contribution in [2.24, 2.45) is 5.73 Å². The lowest BCUT2D eigenvalue weighted by Crippen LogP contribution is -2.07. The van der Waals surface area contributed by atoms with Crippen LogP contribution in [0.25, 0.3) is 16.7 Å². The standard InChI is InChI=1S/C12H12N6/c13-6-10-16-11(14)9-7-15-18(12(9)17-10)8-4-2-1-3-5-8/h1-5,7H,6,13H2,(H2,14,16,17). The van der Waals surface area contributed by atoms with Gasteiger partial charge in [0.25, 0.3) is 0 Å². The predicted molar refractivity (Wildman–Crippen MR) is 69.0 cm³/mol. The summed E-state index contributed by atoms with van der Waals surface area (Å²) in [6.45, 7) is 0.250. The van der Waals surface area contributed by atoms with Crippen molar-refractivity contribution in [2.45, 2.75) is 6.54 Å². The van der Waals surface area contributed by atoms with Crippen LogP contribution in [0.4, 0.5) is 5.82 Å². The Kier molecular flexibility index (Phi) is 2.42. The molecule has 3 rings (SSSR count). The van der Waals surface area contributed by atoms with E-state index in [2.05, 4.69) is 15.1 Å². The fraction of sp³-hybridized carbons (Fsp3) is 0.0833. The first-order chi connectivity index (χ1) is 8.79. The summed E-state index contributed by atoms with van der Waals surface area (Å²) >= 11 is 0. The lowest BCUT2D eigenvalue weighted by molar-refractivity contribution is 0.870. The third kappa shape index (κ3) is 1.59. The largest absolute Gasteiger partial charge is 0.383 e. The van der Waals surface area contributed by atoms with Gasteiger partial charge in [-0.05, 0) is 12.1 Å². The first kappa shape index (κ1) is 10.7. The second-order valence-electron chi connectivity index (χ2n) is 3.86. The Morgan fingerprint density at radius 3 is 2.61 bits per heavy atom. The van der Waals surface area contributed by atoms with Crippen LogP contribution in [0.3, 0.4) is 0 Å². The van der Waals surface area contributed by atoms with Gasteiger partial charge < -0.3 is 11.5 Å². The Hall–Kier alpha value is -2.47. The maximum atomic E-state index is 5.86. The number of nitrogen functional groups attached to an aromatic ring is 1. The second kappa shape index (κ2) is 4.08. The van der Waals surface area contributed by atoms with Gasteiger partial charge in [0.05, 0.1) is 23.8 Å². The summed E-state index contributed by atoms with van der Waals surface area (Å²) in [6.07, 6.45) is 1.66. The van der Waals surface area contributed by atoms with Crippen LogP contribution in [0.15, 0.2) is 36.5 Å². The van der Waals surface area contributed by atoms with Gasteiger partial charge in [-0.25, -0.2) is 14.6 Å². The summed E-state index contributed by atoms with van der Waals surface area (Å²) in [4.78, 5) is 8.49. The number of benzene rings is 1. The maximum absolute atomic E-state index is 5.86. The normalized spacial score (nSPS) is 10.9. The van der Waals surface area contributed by atoms with E-state index < -0.39 is 0 Å². The first-order valence-electron chi connectivity index (χ1n) is 5.55. The Balaban J connectivity index is 2.28. The lowest BCUT2D eigenvalue weighted by atomic mass is 10.3. The fourth-order valence-electron chi connectivity index (χ4n) is 1.83. The van der Waals surface area contributed by atoms with Crippen LogP contribution in [0.1, 0.15) is 5.82 Å². The van der Waals surface area contributed by atoms with Crippen LogP contribution in [0.5, 0.6) is 0 Å². The molecule has 0 radical (unpaired) electrons. The summed E-state index contributed by atoms with van der Waals surface area (Å²) in [7, 11) is 0. The Labute approximate surface area is 103 Å². The molecule has 0 saturated carbocycles. The molecule has 6 nitrogen and oxygen atoms in total.